The average molecular weight is 319 g/mol. The van der Waals surface area contributed by atoms with E-state index >= 15 is 0 Å². The van der Waals surface area contributed by atoms with E-state index in [1.165, 1.54) is 0 Å². The van der Waals surface area contributed by atoms with Gasteiger partial charge in [-0.3, -0.25) is 0 Å². The zero-order chi connectivity index (χ0) is 12.5. The van der Waals surface area contributed by atoms with Gasteiger partial charge in [0.1, 0.15) is 0 Å². The number of hydrogen-bond acceptors (Lipinski definition) is 1. The predicted molar refractivity (Wildman–Crippen MR) is 85.4 cm³/mol. The Morgan fingerprint density at radius 2 is 1.06 bits per heavy atom. The molecule has 0 aliphatic heterocycles. The van der Waals surface area contributed by atoms with Gasteiger partial charge in [0, 0.05) is 10.0 Å². The van der Waals surface area contributed by atoms with Crippen molar-refractivity contribution < 1.29 is 0 Å². The van der Waals surface area contributed by atoms with Gasteiger partial charge in [0.2, 0.25) is 0 Å². The van der Waals surface area contributed by atoms with Crippen molar-refractivity contribution in [3.63, 3.8) is 0 Å². The maximum Gasteiger partial charge on any atom is 0.0584 e. The van der Waals surface area contributed by atoms with E-state index in [1.54, 1.807) is 0 Å². The molecule has 0 saturated carbocycles. The lowest BCUT2D eigenvalue weighted by molar-refractivity contribution is 1.75. The van der Waals surface area contributed by atoms with E-state index in [0.717, 1.165) is 10.6 Å². The summed E-state index contributed by atoms with van der Waals surface area (Å²) in [5.74, 6) is 0. The van der Waals surface area contributed by atoms with Crippen LogP contribution >= 0.6 is 40.7 Å². The van der Waals surface area contributed by atoms with Crippen molar-refractivity contribution >= 4 is 63.1 Å². The fourth-order valence-corrected chi connectivity index (χ4v) is 4.62. The summed E-state index contributed by atoms with van der Waals surface area (Å²) in [5.41, 5.74) is 0. The lowest BCUT2D eigenvalue weighted by atomic mass is 10.4. The highest BCUT2D eigenvalue weighted by atomic mass is 35.5. The van der Waals surface area contributed by atoms with Gasteiger partial charge < -0.3 is 0 Å². The third-order valence-corrected chi connectivity index (χ3v) is 7.50. The van der Waals surface area contributed by atoms with Crippen molar-refractivity contribution in [2.24, 2.45) is 0 Å². The molecule has 0 heterocycles. The highest BCUT2D eigenvalue weighted by Crippen LogP contribution is 2.48. The fraction of sp³-hybridized carbons (Fsp3) is 0. The van der Waals surface area contributed by atoms with Crippen LogP contribution in [0.15, 0.2) is 48.5 Å². The minimum atomic E-state index is -2.03. The Hall–Kier alpha value is 0.0200. The summed E-state index contributed by atoms with van der Waals surface area (Å²) in [4.78, 5) is 0. The van der Waals surface area contributed by atoms with Crippen LogP contribution in [0.2, 0.25) is 10.0 Å². The van der Waals surface area contributed by atoms with Crippen LogP contribution in [0.4, 0.5) is 0 Å². The largest absolute Gasteiger partial charge is 0.133 e. The highest BCUT2D eigenvalue weighted by molar-refractivity contribution is 8.68. The molecule has 0 bridgehead atoms. The first-order valence-corrected chi connectivity index (χ1v) is 9.56. The van der Waals surface area contributed by atoms with Gasteiger partial charge in [0.25, 0.3) is 0 Å². The minimum Gasteiger partial charge on any atom is -0.133 e. The Morgan fingerprint density at radius 1 is 0.765 bits per heavy atom. The Kier molecular flexibility index (Phi) is 4.22. The van der Waals surface area contributed by atoms with Gasteiger partial charge in [-0.2, -0.15) is 0 Å². The van der Waals surface area contributed by atoms with Crippen LogP contribution in [0.1, 0.15) is 0 Å². The molecule has 0 nitrogen and oxygen atoms in total. The third kappa shape index (κ3) is 3.07. The van der Waals surface area contributed by atoms with Gasteiger partial charge >= 0.3 is 0 Å². The molecular formula is C12H9Cl2PS2. The van der Waals surface area contributed by atoms with E-state index in [9.17, 15) is 0 Å². The van der Waals surface area contributed by atoms with Crippen molar-refractivity contribution in [2.75, 3.05) is 0 Å². The third-order valence-electron chi connectivity index (χ3n) is 2.35. The second-order valence-electron chi connectivity index (χ2n) is 3.53. The molecule has 0 spiro atoms. The molecule has 0 atom stereocenters. The number of rotatable bonds is 2. The monoisotopic (exact) mass is 318 g/mol. The quantitative estimate of drug-likeness (QED) is 0.637. The van der Waals surface area contributed by atoms with E-state index in [0.29, 0.717) is 10.0 Å². The van der Waals surface area contributed by atoms with Gasteiger partial charge in [-0.1, -0.05) is 59.3 Å². The molecule has 0 aliphatic rings. The molecule has 2 aromatic carbocycles. The zero-order valence-electron chi connectivity index (χ0n) is 8.68. The first-order valence-electron chi connectivity index (χ1n) is 4.85. The summed E-state index contributed by atoms with van der Waals surface area (Å²) in [6, 6.07) is 15.1. The highest BCUT2D eigenvalue weighted by Gasteiger charge is 2.17. The van der Waals surface area contributed by atoms with Crippen LogP contribution in [0.3, 0.4) is 0 Å². The van der Waals surface area contributed by atoms with Gasteiger partial charge in [-0.05, 0) is 34.9 Å². The van der Waals surface area contributed by atoms with Gasteiger partial charge in [0.15, 0.2) is 0 Å². The van der Waals surface area contributed by atoms with Crippen molar-refractivity contribution in [1.29, 1.82) is 0 Å². The maximum atomic E-state index is 5.86. The number of benzene rings is 2. The fourth-order valence-electron chi connectivity index (χ4n) is 1.44. The molecule has 2 aromatic rings. The molecule has 0 aromatic heterocycles. The molecule has 0 radical (unpaired) electrons. The molecule has 0 aliphatic carbocycles. The summed E-state index contributed by atoms with van der Waals surface area (Å²) in [6.07, 6.45) is 0. The van der Waals surface area contributed by atoms with E-state index < -0.39 is 5.24 Å². The van der Waals surface area contributed by atoms with Gasteiger partial charge in [0.05, 0.1) is 5.24 Å². The van der Waals surface area contributed by atoms with E-state index in [2.05, 4.69) is 12.2 Å². The second-order valence-corrected chi connectivity index (χ2v) is 10.8. The normalized spacial score (nSPS) is 11.5. The van der Waals surface area contributed by atoms with Crippen LogP contribution in [0.25, 0.3) is 0 Å². The predicted octanol–water partition coefficient (Wildman–Crippen LogP) is 4.27. The minimum absolute atomic E-state index is 0.702. The Bertz CT molecular complexity index is 515. The second kappa shape index (κ2) is 5.34. The van der Waals surface area contributed by atoms with Crippen LogP contribution in [-0.2, 0) is 11.8 Å². The molecule has 2 rings (SSSR count). The number of thiol groups is 1. The molecule has 0 fully saturated rings. The van der Waals surface area contributed by atoms with E-state index in [4.69, 9.17) is 35.0 Å². The van der Waals surface area contributed by atoms with Crippen molar-refractivity contribution in [3.05, 3.63) is 58.6 Å². The summed E-state index contributed by atoms with van der Waals surface area (Å²) >= 11 is 22.1. The van der Waals surface area contributed by atoms with Crippen LogP contribution in [0.5, 0.6) is 0 Å². The SMILES string of the molecule is S=P(S)(c1ccc(Cl)cc1)c1ccc(Cl)cc1. The number of halogens is 2. The summed E-state index contributed by atoms with van der Waals surface area (Å²) < 4.78 is 0. The van der Waals surface area contributed by atoms with Crippen LogP contribution in [-0.4, -0.2) is 0 Å². The Labute approximate surface area is 121 Å². The lowest BCUT2D eigenvalue weighted by Gasteiger charge is -2.16. The topological polar surface area (TPSA) is 0 Å². The van der Waals surface area contributed by atoms with Crippen LogP contribution < -0.4 is 10.6 Å². The number of hydrogen-bond donors (Lipinski definition) is 1. The maximum absolute atomic E-state index is 5.86. The van der Waals surface area contributed by atoms with E-state index in [1.807, 2.05) is 48.5 Å². The molecular weight excluding hydrogens is 310 g/mol. The Morgan fingerprint density at radius 3 is 1.35 bits per heavy atom. The zero-order valence-corrected chi connectivity index (χ0v) is 12.8. The molecule has 17 heavy (non-hydrogen) atoms. The molecule has 88 valence electrons. The average Bonchev–Trinajstić information content (AvgIpc) is 2.30. The van der Waals surface area contributed by atoms with Crippen molar-refractivity contribution in [1.82, 2.24) is 0 Å². The standard InChI is InChI=1S/C12H9Cl2PS2/c13-9-1-5-11(6-2-9)15(16,17)12-7-3-10(14)4-8-12/h1-8H,(H,16,17). The first kappa shape index (κ1) is 13.5. The molecule has 0 saturated heterocycles. The summed E-state index contributed by atoms with van der Waals surface area (Å²) in [6.45, 7) is 0. The summed E-state index contributed by atoms with van der Waals surface area (Å²) in [5, 5.41) is 1.44. The first-order chi connectivity index (χ1) is 8.00. The van der Waals surface area contributed by atoms with Crippen molar-refractivity contribution in [3.8, 4) is 0 Å². The smallest absolute Gasteiger partial charge is 0.0584 e. The van der Waals surface area contributed by atoms with Gasteiger partial charge in [-0.25, -0.2) is 0 Å². The molecule has 0 unspecified atom stereocenters. The van der Waals surface area contributed by atoms with Crippen molar-refractivity contribution in [2.45, 2.75) is 0 Å². The van der Waals surface area contributed by atoms with Gasteiger partial charge in [-0.15, -0.1) is 12.2 Å². The molecule has 0 N–H and O–H groups in total. The van der Waals surface area contributed by atoms with Crippen LogP contribution in [0, 0.1) is 0 Å². The van der Waals surface area contributed by atoms with E-state index in [-0.39, 0.29) is 0 Å². The Balaban J connectivity index is 2.45. The molecule has 5 heteroatoms. The summed E-state index contributed by atoms with van der Waals surface area (Å²) in [7, 11) is 0. The lowest BCUT2D eigenvalue weighted by Crippen LogP contribution is -2.11. The molecule has 0 amide bonds.